The largest absolute Gasteiger partial charge is 0.419 e. The molecule has 1 fully saturated rings. The van der Waals surface area contributed by atoms with Crippen LogP contribution in [0, 0.1) is 0 Å². The lowest BCUT2D eigenvalue weighted by Crippen LogP contribution is -2.44. The maximum Gasteiger partial charge on any atom is 0.247 e. The van der Waals surface area contributed by atoms with Crippen molar-refractivity contribution >= 4 is 10.0 Å². The first-order chi connectivity index (χ1) is 11.0. The van der Waals surface area contributed by atoms with Crippen molar-refractivity contribution in [1.29, 1.82) is 0 Å². The summed E-state index contributed by atoms with van der Waals surface area (Å²) in [6, 6.07) is 3.08. The van der Waals surface area contributed by atoms with Crippen LogP contribution in [-0.2, 0) is 16.6 Å². The van der Waals surface area contributed by atoms with Gasteiger partial charge in [-0.3, -0.25) is 15.8 Å². The molecular formula is C13H18N6O3S. The SMILES string of the molecule is CC1NNC(C)C1S(=O)(=O)NCc1nnc(-c2ccncc2)o1. The van der Waals surface area contributed by atoms with Crippen LogP contribution >= 0.6 is 0 Å². The lowest BCUT2D eigenvalue weighted by Gasteiger charge is -2.18. The second-order valence-electron chi connectivity index (χ2n) is 5.43. The maximum atomic E-state index is 12.4. The van der Waals surface area contributed by atoms with Gasteiger partial charge < -0.3 is 4.42 Å². The van der Waals surface area contributed by atoms with Gasteiger partial charge in [0.15, 0.2) is 0 Å². The molecule has 3 N–H and O–H groups in total. The first-order valence-electron chi connectivity index (χ1n) is 7.19. The van der Waals surface area contributed by atoms with Crippen molar-refractivity contribution in [2.45, 2.75) is 37.7 Å². The van der Waals surface area contributed by atoms with E-state index in [9.17, 15) is 8.42 Å². The molecule has 0 radical (unpaired) electrons. The van der Waals surface area contributed by atoms with Crippen molar-refractivity contribution in [3.8, 4) is 11.5 Å². The number of nitrogens with one attached hydrogen (secondary N) is 3. The molecule has 10 heteroatoms. The summed E-state index contributed by atoms with van der Waals surface area (Å²) < 4.78 is 32.8. The number of rotatable bonds is 5. The Bertz CT molecular complexity index is 753. The molecule has 23 heavy (non-hydrogen) atoms. The molecule has 3 heterocycles. The highest BCUT2D eigenvalue weighted by Crippen LogP contribution is 2.17. The van der Waals surface area contributed by atoms with E-state index in [-0.39, 0.29) is 24.5 Å². The summed E-state index contributed by atoms with van der Waals surface area (Å²) in [5, 5.41) is 7.20. The van der Waals surface area contributed by atoms with Crippen molar-refractivity contribution in [3.05, 3.63) is 30.4 Å². The Hall–Kier alpha value is -1.88. The Morgan fingerprint density at radius 1 is 1.17 bits per heavy atom. The first kappa shape index (κ1) is 16.0. The van der Waals surface area contributed by atoms with Gasteiger partial charge in [-0.1, -0.05) is 0 Å². The zero-order valence-electron chi connectivity index (χ0n) is 12.7. The summed E-state index contributed by atoms with van der Waals surface area (Å²) in [5.41, 5.74) is 6.58. The van der Waals surface area contributed by atoms with E-state index >= 15 is 0 Å². The molecule has 2 aromatic rings. The molecule has 2 unspecified atom stereocenters. The van der Waals surface area contributed by atoms with Crippen molar-refractivity contribution in [2.24, 2.45) is 0 Å². The molecule has 1 aliphatic heterocycles. The summed E-state index contributed by atoms with van der Waals surface area (Å²) in [7, 11) is -3.52. The third kappa shape index (κ3) is 3.39. The van der Waals surface area contributed by atoms with E-state index in [1.54, 1.807) is 24.5 Å². The normalized spacial score (nSPS) is 24.9. The fourth-order valence-corrected chi connectivity index (χ4v) is 4.32. The molecular weight excluding hydrogens is 320 g/mol. The average molecular weight is 338 g/mol. The number of aromatic nitrogens is 3. The van der Waals surface area contributed by atoms with Crippen LogP contribution in [0.25, 0.3) is 11.5 Å². The predicted octanol–water partition coefficient (Wildman–Crippen LogP) is -0.196. The molecule has 2 atom stereocenters. The Kier molecular flexibility index (Phi) is 4.39. The van der Waals surface area contributed by atoms with E-state index in [2.05, 4.69) is 30.8 Å². The summed E-state index contributed by atoms with van der Waals surface area (Å²) in [6.45, 7) is 3.58. The van der Waals surface area contributed by atoms with Gasteiger partial charge in [-0.05, 0) is 26.0 Å². The van der Waals surface area contributed by atoms with Crippen LogP contribution in [0.15, 0.2) is 28.9 Å². The molecule has 1 saturated heterocycles. The third-order valence-electron chi connectivity index (χ3n) is 3.70. The highest BCUT2D eigenvalue weighted by molar-refractivity contribution is 7.90. The van der Waals surface area contributed by atoms with E-state index < -0.39 is 15.3 Å². The molecule has 0 saturated carbocycles. The minimum Gasteiger partial charge on any atom is -0.419 e. The smallest absolute Gasteiger partial charge is 0.247 e. The van der Waals surface area contributed by atoms with E-state index in [0.717, 1.165) is 5.56 Å². The van der Waals surface area contributed by atoms with Crippen LogP contribution in [0.4, 0.5) is 0 Å². The van der Waals surface area contributed by atoms with Gasteiger partial charge in [-0.15, -0.1) is 10.2 Å². The fraction of sp³-hybridized carbons (Fsp3) is 0.462. The molecule has 0 amide bonds. The van der Waals surface area contributed by atoms with Crippen LogP contribution < -0.4 is 15.6 Å². The predicted molar refractivity (Wildman–Crippen MR) is 82.3 cm³/mol. The summed E-state index contributed by atoms with van der Waals surface area (Å²) >= 11 is 0. The Morgan fingerprint density at radius 3 is 2.48 bits per heavy atom. The van der Waals surface area contributed by atoms with Crippen molar-refractivity contribution < 1.29 is 12.8 Å². The molecule has 124 valence electrons. The Morgan fingerprint density at radius 2 is 1.83 bits per heavy atom. The molecule has 2 aromatic heterocycles. The van der Waals surface area contributed by atoms with Gasteiger partial charge in [0.25, 0.3) is 0 Å². The van der Waals surface area contributed by atoms with Gasteiger partial charge in [0.05, 0.1) is 6.54 Å². The van der Waals surface area contributed by atoms with Gasteiger partial charge >= 0.3 is 0 Å². The monoisotopic (exact) mass is 338 g/mol. The van der Waals surface area contributed by atoms with Gasteiger partial charge in [0.2, 0.25) is 21.8 Å². The Balaban J connectivity index is 1.68. The minimum absolute atomic E-state index is 0.0453. The van der Waals surface area contributed by atoms with Crippen LogP contribution in [0.3, 0.4) is 0 Å². The van der Waals surface area contributed by atoms with Gasteiger partial charge in [-0.25, -0.2) is 13.1 Å². The third-order valence-corrected chi connectivity index (χ3v) is 5.78. The lowest BCUT2D eigenvalue weighted by molar-refractivity contribution is 0.488. The van der Waals surface area contributed by atoms with Crippen molar-refractivity contribution in [3.63, 3.8) is 0 Å². The second kappa shape index (κ2) is 6.32. The van der Waals surface area contributed by atoms with E-state index in [4.69, 9.17) is 4.42 Å². The number of pyridine rings is 1. The molecule has 1 aliphatic rings. The zero-order chi connectivity index (χ0) is 16.4. The Labute approximate surface area is 133 Å². The quantitative estimate of drug-likeness (QED) is 0.685. The van der Waals surface area contributed by atoms with Crippen LogP contribution in [-0.4, -0.2) is 40.9 Å². The first-order valence-corrected chi connectivity index (χ1v) is 8.74. The standard InChI is InChI=1S/C13H18N6O3S/c1-8-12(9(2)17-16-8)23(20,21)15-7-11-18-19-13(22-11)10-3-5-14-6-4-10/h3-6,8-9,12,15-17H,7H2,1-2H3. The molecule has 3 rings (SSSR count). The van der Waals surface area contributed by atoms with Crippen molar-refractivity contribution in [1.82, 2.24) is 30.8 Å². The van der Waals surface area contributed by atoms with Crippen LogP contribution in [0.5, 0.6) is 0 Å². The summed E-state index contributed by atoms with van der Waals surface area (Å²) in [6.07, 6.45) is 3.23. The number of hydrazine groups is 1. The lowest BCUT2D eigenvalue weighted by atomic mass is 10.2. The van der Waals surface area contributed by atoms with Gasteiger partial charge in [-0.2, -0.15) is 0 Å². The highest BCUT2D eigenvalue weighted by Gasteiger charge is 2.40. The molecule has 9 nitrogen and oxygen atoms in total. The second-order valence-corrected chi connectivity index (χ2v) is 7.36. The molecule has 0 aliphatic carbocycles. The van der Waals surface area contributed by atoms with Crippen molar-refractivity contribution in [2.75, 3.05) is 0 Å². The topological polar surface area (TPSA) is 122 Å². The number of nitrogens with zero attached hydrogens (tertiary/aromatic N) is 3. The van der Waals surface area contributed by atoms with Gasteiger partial charge in [0.1, 0.15) is 5.25 Å². The number of hydrogen-bond acceptors (Lipinski definition) is 8. The maximum absolute atomic E-state index is 12.4. The van der Waals surface area contributed by atoms with Gasteiger partial charge in [0, 0.05) is 30.0 Å². The zero-order valence-corrected chi connectivity index (χ0v) is 13.5. The van der Waals surface area contributed by atoms with Crippen LogP contribution in [0.1, 0.15) is 19.7 Å². The average Bonchev–Trinajstić information content (AvgIpc) is 3.13. The van der Waals surface area contributed by atoms with E-state index in [0.29, 0.717) is 5.89 Å². The summed E-state index contributed by atoms with van der Waals surface area (Å²) in [4.78, 5) is 3.91. The minimum atomic E-state index is -3.52. The van der Waals surface area contributed by atoms with E-state index in [1.165, 1.54) is 0 Å². The number of sulfonamides is 1. The van der Waals surface area contributed by atoms with Crippen LogP contribution in [0.2, 0.25) is 0 Å². The molecule has 0 spiro atoms. The summed E-state index contributed by atoms with van der Waals surface area (Å²) in [5.74, 6) is 0.534. The fourth-order valence-electron chi connectivity index (χ4n) is 2.59. The molecule has 0 bridgehead atoms. The highest BCUT2D eigenvalue weighted by atomic mass is 32.2. The molecule has 0 aromatic carbocycles. The van der Waals surface area contributed by atoms with E-state index in [1.807, 2.05) is 13.8 Å². The number of hydrogen-bond donors (Lipinski definition) is 3.